The van der Waals surface area contributed by atoms with Crippen LogP contribution in [-0.4, -0.2) is 50.3 Å². The standard InChI is InChI=1S/C19H26N2O5S/c1-14-5-7-16(8-6-14)27(24,25)21-12-9-15(10-13-21)19(23)26-17-4-2-3-11-20-18(17)22/h5-8,15,17H,2-4,9-13H2,1H3,(H,20,22). The zero-order valence-electron chi connectivity index (χ0n) is 15.5. The molecule has 0 aromatic heterocycles. The van der Waals surface area contributed by atoms with Gasteiger partial charge < -0.3 is 10.1 Å². The quantitative estimate of drug-likeness (QED) is 0.783. The van der Waals surface area contributed by atoms with Crippen molar-refractivity contribution < 1.29 is 22.7 Å². The van der Waals surface area contributed by atoms with E-state index in [4.69, 9.17) is 4.74 Å². The van der Waals surface area contributed by atoms with Gasteiger partial charge in [-0.15, -0.1) is 0 Å². The van der Waals surface area contributed by atoms with Crippen LogP contribution in [0.4, 0.5) is 0 Å². The number of ether oxygens (including phenoxy) is 1. The van der Waals surface area contributed by atoms with Crippen molar-refractivity contribution in [2.45, 2.75) is 50.0 Å². The monoisotopic (exact) mass is 394 g/mol. The van der Waals surface area contributed by atoms with Gasteiger partial charge in [0, 0.05) is 19.6 Å². The van der Waals surface area contributed by atoms with Gasteiger partial charge >= 0.3 is 5.97 Å². The van der Waals surface area contributed by atoms with Crippen molar-refractivity contribution >= 4 is 21.9 Å². The van der Waals surface area contributed by atoms with Crippen LogP contribution in [0.5, 0.6) is 0 Å². The van der Waals surface area contributed by atoms with Crippen molar-refractivity contribution in [3.63, 3.8) is 0 Å². The highest BCUT2D eigenvalue weighted by molar-refractivity contribution is 7.89. The van der Waals surface area contributed by atoms with Crippen LogP contribution in [-0.2, 0) is 24.3 Å². The molecule has 1 N–H and O–H groups in total. The Labute approximate surface area is 160 Å². The van der Waals surface area contributed by atoms with Gasteiger partial charge in [-0.3, -0.25) is 9.59 Å². The van der Waals surface area contributed by atoms with E-state index in [0.717, 1.165) is 18.4 Å². The van der Waals surface area contributed by atoms with E-state index >= 15 is 0 Å². The lowest BCUT2D eigenvalue weighted by Gasteiger charge is -2.30. The van der Waals surface area contributed by atoms with Gasteiger partial charge in [0.25, 0.3) is 5.91 Å². The third-order valence-electron chi connectivity index (χ3n) is 5.19. The number of carbonyl (C=O) groups excluding carboxylic acids is 2. The van der Waals surface area contributed by atoms with Gasteiger partial charge in [0.05, 0.1) is 10.8 Å². The molecule has 1 aromatic carbocycles. The molecule has 2 aliphatic heterocycles. The second kappa shape index (κ2) is 8.39. The molecule has 2 saturated heterocycles. The van der Waals surface area contributed by atoms with Crippen LogP contribution in [0.3, 0.4) is 0 Å². The first kappa shape index (κ1) is 19.8. The lowest BCUT2D eigenvalue weighted by molar-refractivity contribution is -0.161. The van der Waals surface area contributed by atoms with E-state index in [0.29, 0.717) is 25.8 Å². The van der Waals surface area contributed by atoms with Gasteiger partial charge in [0.1, 0.15) is 0 Å². The molecule has 2 fully saturated rings. The minimum absolute atomic E-state index is 0.236. The minimum atomic E-state index is -3.55. The molecular formula is C19H26N2O5S. The van der Waals surface area contributed by atoms with Crippen LogP contribution in [0.2, 0.25) is 0 Å². The van der Waals surface area contributed by atoms with Crippen LogP contribution in [0.1, 0.15) is 37.7 Å². The molecule has 0 radical (unpaired) electrons. The first-order valence-electron chi connectivity index (χ1n) is 9.43. The molecule has 7 nitrogen and oxygen atoms in total. The van der Waals surface area contributed by atoms with E-state index in [1.807, 2.05) is 6.92 Å². The number of piperidine rings is 1. The van der Waals surface area contributed by atoms with E-state index in [1.54, 1.807) is 24.3 Å². The van der Waals surface area contributed by atoms with Crippen molar-refractivity contribution in [3.05, 3.63) is 29.8 Å². The highest BCUT2D eigenvalue weighted by atomic mass is 32.2. The Morgan fingerprint density at radius 1 is 1.11 bits per heavy atom. The molecule has 8 heteroatoms. The number of carbonyl (C=O) groups is 2. The van der Waals surface area contributed by atoms with Gasteiger partial charge in [-0.2, -0.15) is 4.31 Å². The molecule has 1 unspecified atom stereocenters. The molecule has 2 heterocycles. The number of benzene rings is 1. The van der Waals surface area contributed by atoms with Crippen molar-refractivity contribution in [3.8, 4) is 0 Å². The number of sulfonamides is 1. The van der Waals surface area contributed by atoms with Crippen molar-refractivity contribution in [2.75, 3.05) is 19.6 Å². The highest BCUT2D eigenvalue weighted by Gasteiger charge is 2.34. The maximum atomic E-state index is 12.7. The van der Waals surface area contributed by atoms with Gasteiger partial charge in [-0.25, -0.2) is 8.42 Å². The number of nitrogens with zero attached hydrogens (tertiary/aromatic N) is 1. The first-order chi connectivity index (χ1) is 12.9. The average Bonchev–Trinajstić information content (AvgIpc) is 2.86. The summed E-state index contributed by atoms with van der Waals surface area (Å²) in [4.78, 5) is 24.6. The van der Waals surface area contributed by atoms with E-state index in [-0.39, 0.29) is 29.8 Å². The number of nitrogens with one attached hydrogen (secondary N) is 1. The predicted molar refractivity (Wildman–Crippen MR) is 99.4 cm³/mol. The predicted octanol–water partition coefficient (Wildman–Crippen LogP) is 1.61. The Balaban J connectivity index is 1.57. The fourth-order valence-electron chi connectivity index (χ4n) is 3.45. The molecule has 0 aliphatic carbocycles. The summed E-state index contributed by atoms with van der Waals surface area (Å²) in [6.07, 6.45) is 2.34. The number of hydrogen-bond donors (Lipinski definition) is 1. The van der Waals surface area contributed by atoms with E-state index < -0.39 is 22.1 Å². The van der Waals surface area contributed by atoms with E-state index in [2.05, 4.69) is 5.32 Å². The number of esters is 1. The lowest BCUT2D eigenvalue weighted by Crippen LogP contribution is -2.42. The molecule has 3 rings (SSSR count). The topological polar surface area (TPSA) is 92.8 Å². The molecule has 1 amide bonds. The molecule has 0 saturated carbocycles. The molecular weight excluding hydrogens is 368 g/mol. The molecule has 27 heavy (non-hydrogen) atoms. The van der Waals surface area contributed by atoms with Gasteiger partial charge in [-0.05, 0) is 51.2 Å². The molecule has 148 valence electrons. The Morgan fingerprint density at radius 3 is 2.44 bits per heavy atom. The van der Waals surface area contributed by atoms with Crippen molar-refractivity contribution in [1.82, 2.24) is 9.62 Å². The summed E-state index contributed by atoms with van der Waals surface area (Å²) in [7, 11) is -3.55. The Kier molecular flexibility index (Phi) is 6.16. The average molecular weight is 394 g/mol. The van der Waals surface area contributed by atoms with Crippen LogP contribution < -0.4 is 5.32 Å². The summed E-state index contributed by atoms with van der Waals surface area (Å²) >= 11 is 0. The second-order valence-corrected chi connectivity index (χ2v) is 9.14. The van der Waals surface area contributed by atoms with Crippen LogP contribution in [0.15, 0.2) is 29.2 Å². The lowest BCUT2D eigenvalue weighted by atomic mass is 9.98. The van der Waals surface area contributed by atoms with Gasteiger partial charge in [0.2, 0.25) is 10.0 Å². The number of hydrogen-bond acceptors (Lipinski definition) is 5. The summed E-state index contributed by atoms with van der Waals surface area (Å²) in [5, 5.41) is 2.75. The Morgan fingerprint density at radius 2 is 1.78 bits per heavy atom. The molecule has 1 atom stereocenters. The number of amides is 1. The first-order valence-corrected chi connectivity index (χ1v) is 10.9. The summed E-state index contributed by atoms with van der Waals surface area (Å²) in [6.45, 7) is 3.06. The summed E-state index contributed by atoms with van der Waals surface area (Å²) in [6, 6.07) is 6.76. The molecule has 2 aliphatic rings. The van der Waals surface area contributed by atoms with E-state index in [1.165, 1.54) is 4.31 Å². The van der Waals surface area contributed by atoms with Gasteiger partial charge in [-0.1, -0.05) is 17.7 Å². The van der Waals surface area contributed by atoms with Crippen LogP contribution in [0.25, 0.3) is 0 Å². The fourth-order valence-corrected chi connectivity index (χ4v) is 4.92. The summed E-state index contributed by atoms with van der Waals surface area (Å²) < 4.78 is 32.3. The minimum Gasteiger partial charge on any atom is -0.452 e. The van der Waals surface area contributed by atoms with Crippen LogP contribution >= 0.6 is 0 Å². The zero-order valence-corrected chi connectivity index (χ0v) is 16.3. The van der Waals surface area contributed by atoms with Crippen molar-refractivity contribution in [1.29, 1.82) is 0 Å². The largest absolute Gasteiger partial charge is 0.452 e. The van der Waals surface area contributed by atoms with Gasteiger partial charge in [0.15, 0.2) is 6.10 Å². The molecule has 0 spiro atoms. The molecule has 1 aromatic rings. The zero-order chi connectivity index (χ0) is 19.4. The van der Waals surface area contributed by atoms with Crippen LogP contribution in [0, 0.1) is 12.8 Å². The normalized spacial score (nSPS) is 22.7. The third kappa shape index (κ3) is 4.68. The molecule has 0 bridgehead atoms. The number of rotatable bonds is 4. The fraction of sp³-hybridized carbons (Fsp3) is 0.579. The second-order valence-electron chi connectivity index (χ2n) is 7.20. The smallest absolute Gasteiger partial charge is 0.309 e. The highest BCUT2D eigenvalue weighted by Crippen LogP contribution is 2.25. The maximum Gasteiger partial charge on any atom is 0.309 e. The van der Waals surface area contributed by atoms with Crippen molar-refractivity contribution in [2.24, 2.45) is 5.92 Å². The Hall–Kier alpha value is -1.93. The number of aryl methyl sites for hydroxylation is 1. The third-order valence-corrected chi connectivity index (χ3v) is 7.10. The maximum absolute atomic E-state index is 12.7. The Bertz CT molecular complexity index is 783. The van der Waals surface area contributed by atoms with E-state index in [9.17, 15) is 18.0 Å². The summed E-state index contributed by atoms with van der Waals surface area (Å²) in [5.74, 6) is -1.00. The SMILES string of the molecule is Cc1ccc(S(=O)(=O)N2CCC(C(=O)OC3CCCCNC3=O)CC2)cc1. The summed E-state index contributed by atoms with van der Waals surface area (Å²) in [5.41, 5.74) is 0.998.